The maximum Gasteiger partial charge on any atom is 0.416 e. The number of imidazole rings is 1. The summed E-state index contributed by atoms with van der Waals surface area (Å²) in [5.74, 6) is -1.67. The number of benzene rings is 2. The van der Waals surface area contributed by atoms with Crippen LogP contribution in [0.4, 0.5) is 22.0 Å². The van der Waals surface area contributed by atoms with Crippen molar-refractivity contribution in [2.24, 2.45) is 24.3 Å². The van der Waals surface area contributed by atoms with Crippen molar-refractivity contribution in [1.29, 1.82) is 5.41 Å². The Bertz CT molecular complexity index is 1680. The molecule has 266 valence electrons. The first-order valence-corrected chi connectivity index (χ1v) is 17.8. The predicted octanol–water partition coefficient (Wildman–Crippen LogP) is 8.41. The highest BCUT2D eigenvalue weighted by Gasteiger charge is 2.53. The van der Waals surface area contributed by atoms with Crippen LogP contribution in [0.15, 0.2) is 48.8 Å². The van der Waals surface area contributed by atoms with Gasteiger partial charge in [-0.05, 0) is 91.2 Å². The summed E-state index contributed by atoms with van der Waals surface area (Å²) in [6.45, 7) is 2.05. The third-order valence-corrected chi connectivity index (χ3v) is 11.4. The number of halogens is 5. The molecular formula is C38H48F5N5O. The zero-order valence-corrected chi connectivity index (χ0v) is 28.4. The van der Waals surface area contributed by atoms with Crippen LogP contribution in [-0.2, 0) is 24.6 Å². The van der Waals surface area contributed by atoms with Gasteiger partial charge in [0.2, 0.25) is 11.5 Å². The second-order valence-electron chi connectivity index (χ2n) is 14.7. The molecule has 1 saturated heterocycles. The van der Waals surface area contributed by atoms with E-state index in [9.17, 15) is 26.7 Å². The van der Waals surface area contributed by atoms with Crippen LogP contribution in [0, 0.1) is 41.2 Å². The van der Waals surface area contributed by atoms with Crippen LogP contribution < -0.4 is 16.3 Å². The third-order valence-electron chi connectivity index (χ3n) is 11.4. The number of aromatic nitrogens is 2. The topological polar surface area (TPSA) is 74.8 Å². The SMILES string of the molecule is Cc1cc([C@@H](NC(=O)C2CC(Cn3ccn(C)c3=N)C3(CCCCCCCCC3)C(c3ccc(F)cc3C(F)(F)F)N2)C2CC2)ccc1F. The highest BCUT2D eigenvalue weighted by Crippen LogP contribution is 2.56. The predicted molar refractivity (Wildman–Crippen MR) is 177 cm³/mol. The first kappa shape index (κ1) is 35.4. The summed E-state index contributed by atoms with van der Waals surface area (Å²) in [7, 11) is 1.78. The number of nitrogens with zero attached hydrogens (tertiary/aromatic N) is 2. The number of rotatable bonds is 7. The number of amides is 1. The molecule has 2 aliphatic carbocycles. The average Bonchev–Trinajstić information content (AvgIpc) is 3.86. The Kier molecular flexibility index (Phi) is 10.4. The number of carbonyl (C=O) groups excluding carboxylic acids is 1. The summed E-state index contributed by atoms with van der Waals surface area (Å²) in [5, 5.41) is 15.4. The number of piperidine rings is 1. The molecule has 1 amide bonds. The van der Waals surface area contributed by atoms with Crippen molar-refractivity contribution in [2.75, 3.05) is 0 Å². The largest absolute Gasteiger partial charge is 0.416 e. The molecular weight excluding hydrogens is 637 g/mol. The van der Waals surface area contributed by atoms with Crippen molar-refractivity contribution in [1.82, 2.24) is 19.8 Å². The van der Waals surface area contributed by atoms with E-state index in [1.807, 2.05) is 10.8 Å². The highest BCUT2D eigenvalue weighted by molar-refractivity contribution is 5.82. The molecule has 49 heavy (non-hydrogen) atoms. The summed E-state index contributed by atoms with van der Waals surface area (Å²) in [6, 6.07) is 5.70. The number of alkyl halides is 3. The molecule has 2 saturated carbocycles. The van der Waals surface area contributed by atoms with Gasteiger partial charge in [-0.1, -0.05) is 63.1 Å². The van der Waals surface area contributed by atoms with Gasteiger partial charge in [0.05, 0.1) is 17.6 Å². The van der Waals surface area contributed by atoms with Crippen LogP contribution in [0.5, 0.6) is 0 Å². The second kappa shape index (κ2) is 14.4. The molecule has 2 heterocycles. The van der Waals surface area contributed by atoms with Crippen LogP contribution in [0.2, 0.25) is 0 Å². The van der Waals surface area contributed by atoms with Crippen molar-refractivity contribution >= 4 is 5.91 Å². The first-order valence-electron chi connectivity index (χ1n) is 17.8. The maximum absolute atomic E-state index is 14.7. The lowest BCUT2D eigenvalue weighted by Gasteiger charge is -2.54. The lowest BCUT2D eigenvalue weighted by molar-refractivity contribution is -0.139. The number of hydrogen-bond donors (Lipinski definition) is 3. The van der Waals surface area contributed by atoms with Gasteiger partial charge in [0.1, 0.15) is 11.6 Å². The van der Waals surface area contributed by atoms with E-state index in [1.165, 1.54) is 12.1 Å². The van der Waals surface area contributed by atoms with E-state index in [1.54, 1.807) is 36.9 Å². The van der Waals surface area contributed by atoms with Crippen LogP contribution in [0.3, 0.4) is 0 Å². The fourth-order valence-corrected chi connectivity index (χ4v) is 8.60. The van der Waals surface area contributed by atoms with Crippen LogP contribution >= 0.6 is 0 Å². The Morgan fingerprint density at radius 3 is 2.27 bits per heavy atom. The summed E-state index contributed by atoms with van der Waals surface area (Å²) >= 11 is 0. The Labute approximate surface area is 285 Å². The molecule has 3 aliphatic rings. The first-order chi connectivity index (χ1) is 23.4. The molecule has 3 N–H and O–H groups in total. The van der Waals surface area contributed by atoms with Crippen molar-refractivity contribution in [3.63, 3.8) is 0 Å². The monoisotopic (exact) mass is 685 g/mol. The minimum atomic E-state index is -4.80. The number of carbonyl (C=O) groups is 1. The van der Waals surface area contributed by atoms with Crippen molar-refractivity contribution in [2.45, 2.75) is 115 Å². The Morgan fingerprint density at radius 1 is 1.00 bits per heavy atom. The van der Waals surface area contributed by atoms with Crippen molar-refractivity contribution in [3.05, 3.63) is 88.3 Å². The molecule has 6 rings (SSSR count). The molecule has 3 aromatic rings. The molecule has 1 aromatic heterocycles. The van der Waals surface area contributed by atoms with Gasteiger partial charge in [0.25, 0.3) is 0 Å². The van der Waals surface area contributed by atoms with Crippen molar-refractivity contribution < 1.29 is 26.7 Å². The van der Waals surface area contributed by atoms with Gasteiger partial charge in [-0.3, -0.25) is 15.5 Å². The molecule has 11 heteroatoms. The molecule has 0 bridgehead atoms. The Balaban J connectivity index is 1.44. The zero-order valence-electron chi connectivity index (χ0n) is 28.4. The van der Waals surface area contributed by atoms with Crippen LogP contribution in [0.1, 0.15) is 111 Å². The van der Waals surface area contributed by atoms with E-state index in [0.29, 0.717) is 37.4 Å². The van der Waals surface area contributed by atoms with Gasteiger partial charge >= 0.3 is 6.18 Å². The van der Waals surface area contributed by atoms with Crippen LogP contribution in [0.25, 0.3) is 0 Å². The molecule has 1 aliphatic heterocycles. The summed E-state index contributed by atoms with van der Waals surface area (Å²) in [4.78, 5) is 14.4. The standard InChI is InChI=1S/C38H48F5N5O/c1-24-20-26(12-15-31(24)40)33(25-10-11-25)46-35(49)32-21-27(23-48-19-18-47(2)36(48)44)37(16-8-6-4-3-5-7-9-17-37)34(45-32)29-14-13-28(39)22-30(29)38(41,42)43/h12-15,18-20,22,25,27,32-34,44-45H,3-11,16-17,21,23H2,1-2H3,(H,46,49)/t27?,32?,33-,34?/m0/s1. The van der Waals surface area contributed by atoms with E-state index < -0.39 is 35.1 Å². The van der Waals surface area contributed by atoms with E-state index in [-0.39, 0.29) is 40.8 Å². The summed E-state index contributed by atoms with van der Waals surface area (Å²) in [5.41, 5.74) is -0.194. The summed E-state index contributed by atoms with van der Waals surface area (Å²) < 4.78 is 76.4. The van der Waals surface area contributed by atoms with E-state index in [2.05, 4.69) is 10.6 Å². The van der Waals surface area contributed by atoms with E-state index in [0.717, 1.165) is 69.4 Å². The lowest BCUT2D eigenvalue weighted by Crippen LogP contribution is -2.59. The van der Waals surface area contributed by atoms with Crippen molar-refractivity contribution in [3.8, 4) is 0 Å². The Morgan fingerprint density at radius 2 is 1.67 bits per heavy atom. The van der Waals surface area contributed by atoms with Gasteiger partial charge in [-0.25, -0.2) is 8.78 Å². The maximum atomic E-state index is 14.7. The van der Waals surface area contributed by atoms with E-state index >= 15 is 0 Å². The molecule has 0 radical (unpaired) electrons. The summed E-state index contributed by atoms with van der Waals surface area (Å²) in [6.07, 6.45) is 9.13. The molecule has 4 atom stereocenters. The lowest BCUT2D eigenvalue weighted by atomic mass is 9.58. The fraction of sp³-hybridized carbons (Fsp3) is 0.579. The molecule has 2 aromatic carbocycles. The normalized spacial score (nSPS) is 24.0. The smallest absolute Gasteiger partial charge is 0.348 e. The molecule has 3 fully saturated rings. The van der Waals surface area contributed by atoms with Gasteiger partial charge in [-0.15, -0.1) is 0 Å². The molecule has 6 nitrogen and oxygen atoms in total. The fourth-order valence-electron chi connectivity index (χ4n) is 8.60. The minimum absolute atomic E-state index is 0.0366. The third kappa shape index (κ3) is 7.66. The minimum Gasteiger partial charge on any atom is -0.348 e. The zero-order chi connectivity index (χ0) is 34.9. The van der Waals surface area contributed by atoms with Gasteiger partial charge in [-0.2, -0.15) is 13.2 Å². The highest BCUT2D eigenvalue weighted by atomic mass is 19.4. The second-order valence-corrected chi connectivity index (χ2v) is 14.7. The number of aryl methyl sites for hydroxylation is 2. The van der Waals surface area contributed by atoms with Gasteiger partial charge < -0.3 is 14.5 Å². The number of nitrogens with one attached hydrogen (secondary N) is 3. The average molecular weight is 686 g/mol. The molecule has 1 spiro atoms. The van der Waals surface area contributed by atoms with Gasteiger partial charge in [0.15, 0.2) is 0 Å². The van der Waals surface area contributed by atoms with Gasteiger partial charge in [0, 0.05) is 32.0 Å². The molecule has 3 unspecified atom stereocenters. The van der Waals surface area contributed by atoms with E-state index in [4.69, 9.17) is 5.41 Å². The quantitative estimate of drug-likeness (QED) is 0.219. The van der Waals surface area contributed by atoms with Crippen LogP contribution in [-0.4, -0.2) is 21.1 Å². The Hall–Kier alpha value is -3.47. The number of hydrogen-bond acceptors (Lipinski definition) is 3.